The molecule has 0 aromatic heterocycles. The minimum absolute atomic E-state index is 0. The Morgan fingerprint density at radius 3 is 1.71 bits per heavy atom. The molecule has 0 unspecified atom stereocenters. The van der Waals surface area contributed by atoms with E-state index in [9.17, 15) is 0 Å². The molecule has 0 nitrogen and oxygen atoms in total. The van der Waals surface area contributed by atoms with E-state index in [2.05, 4.69) is 11.8 Å². The number of thioether (sulfide) groups is 1. The van der Waals surface area contributed by atoms with E-state index < -0.39 is 0 Å². The summed E-state index contributed by atoms with van der Waals surface area (Å²) < 4.78 is 0. The normalized spacial score (nSPS) is 20.6. The van der Waals surface area contributed by atoms with Crippen LogP contribution >= 0.6 is 11.8 Å². The fourth-order valence-corrected chi connectivity index (χ4v) is 1.71. The van der Waals surface area contributed by atoms with Crippen LogP contribution in [0.5, 0.6) is 0 Å². The largest absolute Gasteiger partial charge is 1.00 e. The molecule has 2 heteroatoms. The summed E-state index contributed by atoms with van der Waals surface area (Å²) in [7, 11) is 0. The summed E-state index contributed by atoms with van der Waals surface area (Å²) in [5.41, 5.74) is 0. The second-order valence-corrected chi connectivity index (χ2v) is 2.90. The Bertz CT molecular complexity index is 27.9. The Balaban J connectivity index is 0. The average molecular weight is 126 g/mol. The van der Waals surface area contributed by atoms with Gasteiger partial charge in [-0.25, -0.2) is 0 Å². The van der Waals surface area contributed by atoms with Crippen LogP contribution in [-0.2, 0) is 0 Å². The van der Waals surface area contributed by atoms with Crippen LogP contribution in [0, 0.1) is 0 Å². The molecule has 1 heterocycles. The van der Waals surface area contributed by atoms with E-state index in [-0.39, 0.29) is 31.0 Å². The Morgan fingerprint density at radius 2 is 1.57 bits per heavy atom. The van der Waals surface area contributed by atoms with Gasteiger partial charge in [-0.1, -0.05) is 6.42 Å². The zero-order valence-electron chi connectivity index (χ0n) is 5.94. The van der Waals surface area contributed by atoms with Gasteiger partial charge in [-0.05, 0) is 24.3 Å². The maximum Gasteiger partial charge on any atom is 1.00 e. The molecule has 0 atom stereocenters. The molecule has 1 fully saturated rings. The Hall–Kier alpha value is 1.35. The molecule has 0 N–H and O–H groups in total. The molecule has 1 aliphatic rings. The number of hydrogen-bond donors (Lipinski definition) is 0. The predicted octanol–water partition coefficient (Wildman–Crippen LogP) is -0.980. The van der Waals surface area contributed by atoms with Crippen LogP contribution in [0.3, 0.4) is 0 Å². The third-order valence-corrected chi connectivity index (χ3v) is 2.23. The molecule has 1 saturated heterocycles. The SMILES string of the molecule is C1CCSCC1.[H-].[Na+]. The van der Waals surface area contributed by atoms with Crippen LogP contribution in [0.25, 0.3) is 0 Å². The van der Waals surface area contributed by atoms with Crippen LogP contribution in [0.15, 0.2) is 0 Å². The van der Waals surface area contributed by atoms with Crippen molar-refractivity contribution >= 4 is 11.8 Å². The molecule has 1 rings (SSSR count). The minimum atomic E-state index is 0. The van der Waals surface area contributed by atoms with Crippen LogP contribution in [0.2, 0.25) is 0 Å². The van der Waals surface area contributed by atoms with Crippen LogP contribution in [-0.4, -0.2) is 11.5 Å². The second kappa shape index (κ2) is 5.49. The fourth-order valence-electron chi connectivity index (χ4n) is 0.687. The molecular formula is C5H11NaS. The van der Waals surface area contributed by atoms with E-state index in [4.69, 9.17) is 0 Å². The van der Waals surface area contributed by atoms with E-state index in [1.165, 1.54) is 30.8 Å². The van der Waals surface area contributed by atoms with Gasteiger partial charge < -0.3 is 1.43 Å². The quantitative estimate of drug-likeness (QED) is 0.376. The van der Waals surface area contributed by atoms with Gasteiger partial charge in [-0.2, -0.15) is 11.8 Å². The molecule has 0 saturated carbocycles. The summed E-state index contributed by atoms with van der Waals surface area (Å²) in [6.45, 7) is 0. The van der Waals surface area contributed by atoms with Gasteiger partial charge in [0.05, 0.1) is 0 Å². The van der Waals surface area contributed by atoms with Gasteiger partial charge in [-0.3, -0.25) is 0 Å². The van der Waals surface area contributed by atoms with Gasteiger partial charge in [0.25, 0.3) is 0 Å². The van der Waals surface area contributed by atoms with Gasteiger partial charge in [0.15, 0.2) is 0 Å². The summed E-state index contributed by atoms with van der Waals surface area (Å²) in [6.07, 6.45) is 4.41. The van der Waals surface area contributed by atoms with Gasteiger partial charge in [-0.15, -0.1) is 0 Å². The third kappa shape index (κ3) is 3.89. The van der Waals surface area contributed by atoms with Gasteiger partial charge in [0, 0.05) is 0 Å². The Labute approximate surface area is 73.2 Å². The van der Waals surface area contributed by atoms with Crippen molar-refractivity contribution in [2.45, 2.75) is 19.3 Å². The predicted molar refractivity (Wildman–Crippen MR) is 32.3 cm³/mol. The van der Waals surface area contributed by atoms with Crippen molar-refractivity contribution in [2.75, 3.05) is 11.5 Å². The van der Waals surface area contributed by atoms with Crippen molar-refractivity contribution < 1.29 is 31.0 Å². The first kappa shape index (κ1) is 8.35. The summed E-state index contributed by atoms with van der Waals surface area (Å²) in [5.74, 6) is 2.83. The molecule has 38 valence electrons. The first-order chi connectivity index (χ1) is 3.00. The molecule has 0 bridgehead atoms. The molecule has 0 spiro atoms. The molecule has 7 heavy (non-hydrogen) atoms. The molecular weight excluding hydrogens is 115 g/mol. The monoisotopic (exact) mass is 126 g/mol. The summed E-state index contributed by atoms with van der Waals surface area (Å²) in [5, 5.41) is 0. The van der Waals surface area contributed by atoms with E-state index in [1.807, 2.05) is 0 Å². The Morgan fingerprint density at radius 1 is 1.00 bits per heavy atom. The van der Waals surface area contributed by atoms with Crippen LogP contribution in [0.1, 0.15) is 20.7 Å². The maximum atomic E-state index is 2.09. The van der Waals surface area contributed by atoms with Crippen molar-refractivity contribution in [2.24, 2.45) is 0 Å². The minimum Gasteiger partial charge on any atom is -1.00 e. The van der Waals surface area contributed by atoms with E-state index >= 15 is 0 Å². The van der Waals surface area contributed by atoms with E-state index in [0.717, 1.165) is 0 Å². The molecule has 0 aromatic rings. The van der Waals surface area contributed by atoms with Gasteiger partial charge in [0.2, 0.25) is 0 Å². The van der Waals surface area contributed by atoms with Gasteiger partial charge >= 0.3 is 29.6 Å². The molecule has 0 amide bonds. The summed E-state index contributed by atoms with van der Waals surface area (Å²) in [4.78, 5) is 0. The average Bonchev–Trinajstić information content (AvgIpc) is 1.72. The number of hydrogen-bond acceptors (Lipinski definition) is 1. The molecule has 0 radical (unpaired) electrons. The molecule has 0 aromatic carbocycles. The fraction of sp³-hybridized carbons (Fsp3) is 1.00. The second-order valence-electron chi connectivity index (χ2n) is 1.67. The first-order valence-electron chi connectivity index (χ1n) is 2.58. The Kier molecular flexibility index (Phi) is 6.54. The molecule has 0 aliphatic carbocycles. The maximum absolute atomic E-state index is 2.09. The van der Waals surface area contributed by atoms with E-state index in [1.54, 1.807) is 0 Å². The van der Waals surface area contributed by atoms with Crippen molar-refractivity contribution in [1.29, 1.82) is 0 Å². The standard InChI is InChI=1S/C5H10S.Na.H/c1-2-4-6-5-3-1;;/h1-5H2;;/q;+1;-1. The topological polar surface area (TPSA) is 0 Å². The molecule has 1 aliphatic heterocycles. The van der Waals surface area contributed by atoms with E-state index in [0.29, 0.717) is 0 Å². The smallest absolute Gasteiger partial charge is 1.00 e. The van der Waals surface area contributed by atoms with Crippen molar-refractivity contribution in [3.8, 4) is 0 Å². The zero-order valence-corrected chi connectivity index (χ0v) is 7.76. The third-order valence-electron chi connectivity index (χ3n) is 1.08. The van der Waals surface area contributed by atoms with Crippen molar-refractivity contribution in [3.63, 3.8) is 0 Å². The first-order valence-corrected chi connectivity index (χ1v) is 3.73. The zero-order chi connectivity index (χ0) is 4.24. The summed E-state index contributed by atoms with van der Waals surface area (Å²) in [6, 6.07) is 0. The van der Waals surface area contributed by atoms with Crippen molar-refractivity contribution in [3.05, 3.63) is 0 Å². The summed E-state index contributed by atoms with van der Waals surface area (Å²) >= 11 is 2.09. The van der Waals surface area contributed by atoms with Crippen molar-refractivity contribution in [1.82, 2.24) is 0 Å². The number of rotatable bonds is 0. The van der Waals surface area contributed by atoms with Gasteiger partial charge in [0.1, 0.15) is 0 Å². The van der Waals surface area contributed by atoms with Crippen LogP contribution in [0.4, 0.5) is 0 Å². The van der Waals surface area contributed by atoms with Crippen LogP contribution < -0.4 is 29.6 Å².